The minimum atomic E-state index is 0.505. The van der Waals surface area contributed by atoms with Crippen molar-refractivity contribution in [3.8, 4) is 0 Å². The fourth-order valence-corrected chi connectivity index (χ4v) is 2.58. The first-order valence-corrected chi connectivity index (χ1v) is 7.25. The second kappa shape index (κ2) is 4.85. The Morgan fingerprint density at radius 2 is 2.06 bits per heavy atom. The highest BCUT2D eigenvalue weighted by Crippen LogP contribution is 2.39. The van der Waals surface area contributed by atoms with Crippen molar-refractivity contribution in [3.63, 3.8) is 0 Å². The van der Waals surface area contributed by atoms with Crippen LogP contribution in [0.25, 0.3) is 0 Å². The van der Waals surface area contributed by atoms with E-state index in [4.69, 9.17) is 5.73 Å². The van der Waals surface area contributed by atoms with Gasteiger partial charge in [0, 0.05) is 22.7 Å². The van der Waals surface area contributed by atoms with Crippen LogP contribution in [0.5, 0.6) is 0 Å². The summed E-state index contributed by atoms with van der Waals surface area (Å²) in [6.45, 7) is 0. The molecule has 3 rings (SSSR count). The minimum Gasteiger partial charge on any atom is -0.384 e. The molecule has 1 fully saturated rings. The van der Waals surface area contributed by atoms with Gasteiger partial charge in [0.2, 0.25) is 0 Å². The van der Waals surface area contributed by atoms with Gasteiger partial charge in [-0.25, -0.2) is 15.0 Å². The first-order valence-electron chi connectivity index (χ1n) is 5.64. The molecule has 0 bridgehead atoms. The van der Waals surface area contributed by atoms with E-state index in [0.717, 1.165) is 20.3 Å². The van der Waals surface area contributed by atoms with Crippen molar-refractivity contribution >= 4 is 33.5 Å². The van der Waals surface area contributed by atoms with Crippen LogP contribution in [0.3, 0.4) is 0 Å². The van der Waals surface area contributed by atoms with Gasteiger partial charge in [0.15, 0.2) is 0 Å². The third-order valence-electron chi connectivity index (χ3n) is 2.59. The van der Waals surface area contributed by atoms with Crippen LogP contribution < -0.4 is 5.73 Å². The van der Waals surface area contributed by atoms with Crippen LogP contribution in [0.4, 0.5) is 5.82 Å². The number of hydrogen-bond acceptors (Lipinski definition) is 5. The monoisotopic (exact) mass is 322 g/mol. The molecule has 0 saturated heterocycles. The second-order valence-electron chi connectivity index (χ2n) is 4.18. The van der Waals surface area contributed by atoms with Crippen LogP contribution in [0, 0.1) is 0 Å². The summed E-state index contributed by atoms with van der Waals surface area (Å²) >= 11 is 4.87. The highest BCUT2D eigenvalue weighted by atomic mass is 79.9. The third kappa shape index (κ3) is 2.81. The van der Waals surface area contributed by atoms with Crippen molar-refractivity contribution < 1.29 is 0 Å². The largest absolute Gasteiger partial charge is 0.384 e. The quantitative estimate of drug-likeness (QED) is 0.879. The maximum absolute atomic E-state index is 5.81. The van der Waals surface area contributed by atoms with Crippen LogP contribution in [0.2, 0.25) is 0 Å². The summed E-state index contributed by atoms with van der Waals surface area (Å²) in [5.41, 5.74) is 5.81. The van der Waals surface area contributed by atoms with Crippen LogP contribution in [-0.4, -0.2) is 15.0 Å². The second-order valence-corrected chi connectivity index (χ2v) is 6.14. The zero-order chi connectivity index (χ0) is 12.5. The molecule has 18 heavy (non-hydrogen) atoms. The zero-order valence-corrected chi connectivity index (χ0v) is 11.9. The molecule has 0 aromatic carbocycles. The van der Waals surface area contributed by atoms with Crippen LogP contribution in [0.1, 0.15) is 24.6 Å². The van der Waals surface area contributed by atoms with E-state index in [1.807, 2.05) is 12.1 Å². The third-order valence-corrected chi connectivity index (χ3v) is 3.93. The van der Waals surface area contributed by atoms with E-state index in [2.05, 4.69) is 30.9 Å². The molecule has 0 atom stereocenters. The summed E-state index contributed by atoms with van der Waals surface area (Å²) in [6.07, 6.45) is 4.11. The predicted molar refractivity (Wildman–Crippen MR) is 74.5 cm³/mol. The predicted octanol–water partition coefficient (Wildman–Crippen LogP) is 3.24. The highest BCUT2D eigenvalue weighted by molar-refractivity contribution is 9.10. The minimum absolute atomic E-state index is 0.505. The van der Waals surface area contributed by atoms with Gasteiger partial charge < -0.3 is 5.73 Å². The maximum atomic E-state index is 5.81. The number of aromatic nitrogens is 3. The van der Waals surface area contributed by atoms with Crippen molar-refractivity contribution in [1.82, 2.24) is 15.0 Å². The molecule has 2 aromatic heterocycles. The summed E-state index contributed by atoms with van der Waals surface area (Å²) in [5.74, 6) is 1.91. The standard InChI is InChI=1S/C12H11BrN4S/c13-8-3-4-10(15-6-8)18-11-5-9(14)16-12(17-11)7-1-2-7/h3-7H,1-2H2,(H2,14,16,17). The molecule has 92 valence electrons. The van der Waals surface area contributed by atoms with Crippen molar-refractivity contribution in [2.24, 2.45) is 0 Å². The normalized spacial score (nSPS) is 14.7. The fraction of sp³-hybridized carbons (Fsp3) is 0.250. The molecule has 0 spiro atoms. The molecule has 1 saturated carbocycles. The number of rotatable bonds is 3. The lowest BCUT2D eigenvalue weighted by Gasteiger charge is -2.04. The molecule has 0 radical (unpaired) electrons. The molecule has 6 heteroatoms. The maximum Gasteiger partial charge on any atom is 0.135 e. The van der Waals surface area contributed by atoms with Gasteiger partial charge in [-0.1, -0.05) is 0 Å². The lowest BCUT2D eigenvalue weighted by atomic mass is 10.4. The number of nitrogens with zero attached hydrogens (tertiary/aromatic N) is 3. The lowest BCUT2D eigenvalue weighted by Crippen LogP contribution is -1.99. The Hall–Kier alpha value is -1.14. The Balaban J connectivity index is 1.85. The average molecular weight is 323 g/mol. The number of nitrogens with two attached hydrogens (primary N) is 1. The van der Waals surface area contributed by atoms with Gasteiger partial charge in [-0.05, 0) is 52.7 Å². The SMILES string of the molecule is Nc1cc(Sc2ccc(Br)cn2)nc(C2CC2)n1. The van der Waals surface area contributed by atoms with E-state index in [0.29, 0.717) is 11.7 Å². The van der Waals surface area contributed by atoms with E-state index in [9.17, 15) is 0 Å². The molecule has 1 aliphatic rings. The van der Waals surface area contributed by atoms with Gasteiger partial charge in [-0.15, -0.1) is 0 Å². The number of nitrogen functional groups attached to an aromatic ring is 1. The highest BCUT2D eigenvalue weighted by Gasteiger charge is 2.27. The lowest BCUT2D eigenvalue weighted by molar-refractivity contribution is 0.882. The summed E-state index contributed by atoms with van der Waals surface area (Å²) in [4.78, 5) is 13.1. The number of halogens is 1. The zero-order valence-electron chi connectivity index (χ0n) is 9.51. The molecule has 2 aromatic rings. The van der Waals surface area contributed by atoms with Crippen LogP contribution >= 0.6 is 27.7 Å². The van der Waals surface area contributed by atoms with E-state index in [1.54, 1.807) is 12.3 Å². The number of hydrogen-bond donors (Lipinski definition) is 1. The van der Waals surface area contributed by atoms with E-state index >= 15 is 0 Å². The molecular formula is C12H11BrN4S. The Labute approximate surface area is 118 Å². The van der Waals surface area contributed by atoms with Gasteiger partial charge in [0.1, 0.15) is 21.7 Å². The first kappa shape index (κ1) is 11.9. The Kier molecular flexibility index (Phi) is 3.22. The number of pyridine rings is 1. The molecule has 2 heterocycles. The molecular weight excluding hydrogens is 312 g/mol. The number of anilines is 1. The van der Waals surface area contributed by atoms with Gasteiger partial charge in [0.25, 0.3) is 0 Å². The van der Waals surface area contributed by atoms with E-state index < -0.39 is 0 Å². The van der Waals surface area contributed by atoms with Gasteiger partial charge >= 0.3 is 0 Å². The summed E-state index contributed by atoms with van der Waals surface area (Å²) < 4.78 is 0.965. The molecule has 0 amide bonds. The summed E-state index contributed by atoms with van der Waals surface area (Å²) in [7, 11) is 0. The Morgan fingerprint density at radius 1 is 1.22 bits per heavy atom. The molecule has 1 aliphatic carbocycles. The van der Waals surface area contributed by atoms with Gasteiger partial charge in [0.05, 0.1) is 0 Å². The Bertz CT molecular complexity index is 569. The average Bonchev–Trinajstić information content (AvgIpc) is 3.15. The van der Waals surface area contributed by atoms with Gasteiger partial charge in [-0.2, -0.15) is 0 Å². The van der Waals surface area contributed by atoms with Crippen LogP contribution in [0.15, 0.2) is 38.9 Å². The van der Waals surface area contributed by atoms with E-state index in [1.165, 1.54) is 24.6 Å². The first-order chi connectivity index (χ1) is 8.70. The van der Waals surface area contributed by atoms with Crippen molar-refractivity contribution in [1.29, 1.82) is 0 Å². The fourth-order valence-electron chi connectivity index (χ4n) is 1.57. The Morgan fingerprint density at radius 3 is 2.72 bits per heavy atom. The molecule has 0 unspecified atom stereocenters. The van der Waals surface area contributed by atoms with Crippen molar-refractivity contribution in [3.05, 3.63) is 34.7 Å². The van der Waals surface area contributed by atoms with Crippen molar-refractivity contribution in [2.45, 2.75) is 28.8 Å². The molecule has 4 nitrogen and oxygen atoms in total. The van der Waals surface area contributed by atoms with Crippen molar-refractivity contribution in [2.75, 3.05) is 5.73 Å². The summed E-state index contributed by atoms with van der Waals surface area (Å²) in [6, 6.07) is 5.70. The van der Waals surface area contributed by atoms with E-state index in [-0.39, 0.29) is 0 Å². The molecule has 2 N–H and O–H groups in total. The summed E-state index contributed by atoms with van der Waals surface area (Å²) in [5, 5.41) is 1.76. The smallest absolute Gasteiger partial charge is 0.135 e. The topological polar surface area (TPSA) is 64.7 Å². The van der Waals surface area contributed by atoms with Gasteiger partial charge in [-0.3, -0.25) is 0 Å². The van der Waals surface area contributed by atoms with Crippen LogP contribution in [-0.2, 0) is 0 Å². The molecule has 0 aliphatic heterocycles.